The molecular weight excluding hydrogens is 334 g/mol. The van der Waals surface area contributed by atoms with Crippen molar-refractivity contribution in [2.24, 2.45) is 5.10 Å². The Morgan fingerprint density at radius 1 is 1.27 bits per heavy atom. The van der Waals surface area contributed by atoms with Crippen LogP contribution in [-0.2, 0) is 4.79 Å². The predicted octanol–water partition coefficient (Wildman–Crippen LogP) is 3.41. The molecule has 0 aliphatic heterocycles. The third-order valence-electron chi connectivity index (χ3n) is 3.41. The molecule has 0 atom stereocenters. The standard InChI is InChI=1S/C19H19N3O4/c1-14-8-9-18(15(2)11-14)26-13-19(23)21-20-10-4-6-16-5-3-7-17(12-16)22(24)25/h3-12H,13H2,1-2H3,(H,21,23). The Balaban J connectivity index is 1.79. The van der Waals surface area contributed by atoms with Gasteiger partial charge in [0.2, 0.25) is 0 Å². The van der Waals surface area contributed by atoms with Gasteiger partial charge in [0, 0.05) is 18.3 Å². The minimum atomic E-state index is -0.457. The molecule has 134 valence electrons. The summed E-state index contributed by atoms with van der Waals surface area (Å²) in [6.45, 7) is 3.76. The Morgan fingerprint density at radius 2 is 2.08 bits per heavy atom. The monoisotopic (exact) mass is 353 g/mol. The minimum absolute atomic E-state index is 0.0148. The van der Waals surface area contributed by atoms with Crippen LogP contribution in [0, 0.1) is 24.0 Å². The van der Waals surface area contributed by atoms with Gasteiger partial charge in [0.25, 0.3) is 11.6 Å². The van der Waals surface area contributed by atoms with Crippen molar-refractivity contribution in [3.63, 3.8) is 0 Å². The second-order valence-electron chi connectivity index (χ2n) is 5.58. The van der Waals surface area contributed by atoms with Gasteiger partial charge < -0.3 is 4.74 Å². The second kappa shape index (κ2) is 9.12. The molecule has 0 aromatic heterocycles. The number of allylic oxidation sites excluding steroid dienone is 1. The zero-order chi connectivity index (χ0) is 18.9. The third-order valence-corrected chi connectivity index (χ3v) is 3.41. The summed E-state index contributed by atoms with van der Waals surface area (Å²) in [5.41, 5.74) is 5.11. The van der Waals surface area contributed by atoms with Crippen molar-refractivity contribution < 1.29 is 14.5 Å². The lowest BCUT2D eigenvalue weighted by atomic mass is 10.1. The topological polar surface area (TPSA) is 93.8 Å². The molecule has 7 nitrogen and oxygen atoms in total. The van der Waals surface area contributed by atoms with Crippen molar-refractivity contribution in [1.29, 1.82) is 0 Å². The molecule has 0 saturated carbocycles. The number of benzene rings is 2. The van der Waals surface area contributed by atoms with Gasteiger partial charge in [-0.05, 0) is 37.1 Å². The van der Waals surface area contributed by atoms with Gasteiger partial charge in [-0.3, -0.25) is 14.9 Å². The van der Waals surface area contributed by atoms with Gasteiger partial charge in [-0.2, -0.15) is 5.10 Å². The first-order valence-corrected chi connectivity index (χ1v) is 7.89. The number of nitrogens with zero attached hydrogens (tertiary/aromatic N) is 2. The number of hydrogen-bond acceptors (Lipinski definition) is 5. The number of non-ortho nitro benzene ring substituents is 1. The van der Waals surface area contributed by atoms with E-state index < -0.39 is 4.92 Å². The van der Waals surface area contributed by atoms with Gasteiger partial charge >= 0.3 is 0 Å². The van der Waals surface area contributed by atoms with Crippen molar-refractivity contribution in [1.82, 2.24) is 5.43 Å². The lowest BCUT2D eigenvalue weighted by Gasteiger charge is -2.08. The molecule has 0 fully saturated rings. The molecule has 1 N–H and O–H groups in total. The van der Waals surface area contributed by atoms with Crippen molar-refractivity contribution in [3.8, 4) is 5.75 Å². The zero-order valence-corrected chi connectivity index (χ0v) is 14.5. The van der Waals surface area contributed by atoms with E-state index in [4.69, 9.17) is 4.74 Å². The van der Waals surface area contributed by atoms with Crippen molar-refractivity contribution in [2.75, 3.05) is 6.61 Å². The molecule has 0 bridgehead atoms. The Bertz CT molecular complexity index is 860. The number of hydrogen-bond donors (Lipinski definition) is 1. The van der Waals surface area contributed by atoms with Crippen LogP contribution in [0.2, 0.25) is 0 Å². The normalized spacial score (nSPS) is 11.0. The van der Waals surface area contributed by atoms with Crippen LogP contribution < -0.4 is 10.2 Å². The van der Waals surface area contributed by atoms with Crippen molar-refractivity contribution in [3.05, 3.63) is 75.3 Å². The summed E-state index contributed by atoms with van der Waals surface area (Å²) in [5.74, 6) is 0.269. The summed E-state index contributed by atoms with van der Waals surface area (Å²) in [5, 5.41) is 14.5. The highest BCUT2D eigenvalue weighted by Gasteiger charge is 2.04. The number of nitrogens with one attached hydrogen (secondary N) is 1. The lowest BCUT2D eigenvalue weighted by Crippen LogP contribution is -2.24. The van der Waals surface area contributed by atoms with E-state index in [1.807, 2.05) is 32.0 Å². The van der Waals surface area contributed by atoms with Crippen LogP contribution in [0.5, 0.6) is 5.75 Å². The van der Waals surface area contributed by atoms with E-state index in [0.29, 0.717) is 11.3 Å². The van der Waals surface area contributed by atoms with Crippen LogP contribution in [0.3, 0.4) is 0 Å². The van der Waals surface area contributed by atoms with E-state index in [1.165, 1.54) is 18.3 Å². The van der Waals surface area contributed by atoms with Gasteiger partial charge in [-0.25, -0.2) is 5.43 Å². The summed E-state index contributed by atoms with van der Waals surface area (Å²) in [6, 6.07) is 11.9. The van der Waals surface area contributed by atoms with Crippen LogP contribution in [0.25, 0.3) is 6.08 Å². The number of aryl methyl sites for hydroxylation is 2. The molecule has 7 heteroatoms. The molecule has 2 aromatic carbocycles. The van der Waals surface area contributed by atoms with E-state index in [9.17, 15) is 14.9 Å². The molecule has 0 aliphatic rings. The third kappa shape index (κ3) is 5.86. The van der Waals surface area contributed by atoms with E-state index in [2.05, 4.69) is 10.5 Å². The molecule has 26 heavy (non-hydrogen) atoms. The molecular formula is C19H19N3O4. The van der Waals surface area contributed by atoms with Gasteiger partial charge in [0.1, 0.15) is 5.75 Å². The van der Waals surface area contributed by atoms with Gasteiger partial charge in [-0.15, -0.1) is 0 Å². The fraction of sp³-hybridized carbons (Fsp3) is 0.158. The summed E-state index contributed by atoms with van der Waals surface area (Å²) < 4.78 is 5.45. The molecule has 0 radical (unpaired) electrons. The van der Waals surface area contributed by atoms with Crippen molar-refractivity contribution in [2.45, 2.75) is 13.8 Å². The molecule has 2 aromatic rings. The summed E-state index contributed by atoms with van der Waals surface area (Å²) in [7, 11) is 0. The maximum atomic E-state index is 11.7. The highest BCUT2D eigenvalue weighted by atomic mass is 16.6. The predicted molar refractivity (Wildman–Crippen MR) is 100 cm³/mol. The van der Waals surface area contributed by atoms with E-state index in [1.54, 1.807) is 24.3 Å². The largest absolute Gasteiger partial charge is 0.483 e. The molecule has 0 spiro atoms. The SMILES string of the molecule is Cc1ccc(OCC(=O)NN=CC=Cc2cccc([N+](=O)[O-])c2)c(C)c1. The maximum absolute atomic E-state index is 11.7. The first-order chi connectivity index (χ1) is 12.5. The van der Waals surface area contributed by atoms with Crippen LogP contribution in [0.1, 0.15) is 16.7 Å². The lowest BCUT2D eigenvalue weighted by molar-refractivity contribution is -0.384. The number of hydrazone groups is 1. The van der Waals surface area contributed by atoms with E-state index >= 15 is 0 Å². The molecule has 0 saturated heterocycles. The quantitative estimate of drug-likeness (QED) is 0.469. The van der Waals surface area contributed by atoms with Crippen molar-refractivity contribution >= 4 is 23.9 Å². The van der Waals surface area contributed by atoms with Crippen LogP contribution >= 0.6 is 0 Å². The Labute approximate surface area is 151 Å². The summed E-state index contributed by atoms with van der Waals surface area (Å²) >= 11 is 0. The van der Waals surface area contributed by atoms with Crippen LogP contribution in [0.15, 0.2) is 53.6 Å². The highest BCUT2D eigenvalue weighted by Crippen LogP contribution is 2.18. The van der Waals surface area contributed by atoms with Crippen LogP contribution in [-0.4, -0.2) is 23.7 Å². The first-order valence-electron chi connectivity index (χ1n) is 7.89. The fourth-order valence-corrected chi connectivity index (χ4v) is 2.19. The number of ether oxygens (including phenoxy) is 1. The maximum Gasteiger partial charge on any atom is 0.277 e. The number of nitro benzene ring substituents is 1. The number of carbonyl (C=O) groups is 1. The zero-order valence-electron chi connectivity index (χ0n) is 14.5. The molecule has 0 heterocycles. The Kier molecular flexibility index (Phi) is 6.61. The first kappa shape index (κ1) is 18.9. The number of rotatable bonds is 7. The summed E-state index contributed by atoms with van der Waals surface area (Å²) in [6.07, 6.45) is 4.60. The fourth-order valence-electron chi connectivity index (χ4n) is 2.19. The average molecular weight is 353 g/mol. The molecule has 0 unspecified atom stereocenters. The molecule has 1 amide bonds. The van der Waals surface area contributed by atoms with Gasteiger partial charge in [0.05, 0.1) is 4.92 Å². The van der Waals surface area contributed by atoms with Gasteiger partial charge in [-0.1, -0.05) is 35.9 Å². The Hall–Kier alpha value is -3.48. The molecule has 0 aliphatic carbocycles. The number of amides is 1. The van der Waals surface area contributed by atoms with E-state index in [-0.39, 0.29) is 18.2 Å². The highest BCUT2D eigenvalue weighted by molar-refractivity contribution is 5.82. The van der Waals surface area contributed by atoms with Crippen LogP contribution in [0.4, 0.5) is 5.69 Å². The number of carbonyl (C=O) groups excluding carboxylic acids is 1. The molecule has 2 rings (SSSR count). The summed E-state index contributed by atoms with van der Waals surface area (Å²) in [4.78, 5) is 21.9. The average Bonchev–Trinajstić information content (AvgIpc) is 2.61. The Morgan fingerprint density at radius 3 is 2.81 bits per heavy atom. The smallest absolute Gasteiger partial charge is 0.277 e. The number of nitro groups is 1. The second-order valence-corrected chi connectivity index (χ2v) is 5.58. The van der Waals surface area contributed by atoms with E-state index in [0.717, 1.165) is 11.1 Å². The minimum Gasteiger partial charge on any atom is -0.483 e. The van der Waals surface area contributed by atoms with Gasteiger partial charge in [0.15, 0.2) is 6.61 Å².